The number of hydrogen-bond donors (Lipinski definition) is 1. The van der Waals surface area contributed by atoms with E-state index in [1.165, 1.54) is 0 Å². The molecule has 1 N–H and O–H groups in total. The van der Waals surface area contributed by atoms with Gasteiger partial charge in [0.1, 0.15) is 5.72 Å². The molecule has 0 bridgehead atoms. The highest BCUT2D eigenvalue weighted by Crippen LogP contribution is 2.31. The standard InChI is InChI=1S/C10H20N2O/c1-9(2)8-13-10(11-9)4-6-12(3)7-5-10/h11H,4-8H2,1-3H3. The molecule has 0 aromatic heterocycles. The van der Waals surface area contributed by atoms with Gasteiger partial charge in [-0.25, -0.2) is 0 Å². The molecule has 0 aromatic carbocycles. The van der Waals surface area contributed by atoms with Crippen molar-refractivity contribution < 1.29 is 4.74 Å². The molecule has 0 saturated carbocycles. The van der Waals surface area contributed by atoms with E-state index in [1.54, 1.807) is 0 Å². The predicted molar refractivity (Wildman–Crippen MR) is 52.6 cm³/mol. The van der Waals surface area contributed by atoms with Gasteiger partial charge in [0.05, 0.1) is 6.61 Å². The summed E-state index contributed by atoms with van der Waals surface area (Å²) in [5.74, 6) is 0. The third kappa shape index (κ3) is 1.87. The average molecular weight is 184 g/mol. The topological polar surface area (TPSA) is 24.5 Å². The summed E-state index contributed by atoms with van der Waals surface area (Å²) in [7, 11) is 2.17. The monoisotopic (exact) mass is 184 g/mol. The molecule has 3 nitrogen and oxygen atoms in total. The number of likely N-dealkylation sites (tertiary alicyclic amines) is 1. The van der Waals surface area contributed by atoms with Crippen LogP contribution in [-0.4, -0.2) is 42.9 Å². The van der Waals surface area contributed by atoms with Gasteiger partial charge in [0.15, 0.2) is 0 Å². The van der Waals surface area contributed by atoms with E-state index in [1.807, 2.05) is 0 Å². The molecule has 13 heavy (non-hydrogen) atoms. The minimum Gasteiger partial charge on any atom is -0.359 e. The first-order valence-electron chi connectivity index (χ1n) is 5.13. The second-order valence-electron chi connectivity index (χ2n) is 5.10. The molecule has 3 heteroatoms. The van der Waals surface area contributed by atoms with Gasteiger partial charge in [-0.3, -0.25) is 5.32 Å². The van der Waals surface area contributed by atoms with Crippen LogP contribution >= 0.6 is 0 Å². The maximum Gasteiger partial charge on any atom is 0.122 e. The minimum atomic E-state index is -0.00396. The first-order valence-corrected chi connectivity index (χ1v) is 5.13. The molecule has 2 fully saturated rings. The molecule has 0 radical (unpaired) electrons. The third-order valence-electron chi connectivity index (χ3n) is 3.07. The smallest absolute Gasteiger partial charge is 0.122 e. The molecule has 2 rings (SSSR count). The zero-order valence-electron chi connectivity index (χ0n) is 8.89. The molecule has 2 heterocycles. The van der Waals surface area contributed by atoms with E-state index >= 15 is 0 Å². The molecule has 76 valence electrons. The Morgan fingerprint density at radius 1 is 1.23 bits per heavy atom. The molecule has 2 aliphatic rings. The van der Waals surface area contributed by atoms with Gasteiger partial charge in [-0.2, -0.15) is 0 Å². The van der Waals surface area contributed by atoms with E-state index in [4.69, 9.17) is 4.74 Å². The largest absolute Gasteiger partial charge is 0.359 e. The summed E-state index contributed by atoms with van der Waals surface area (Å²) < 4.78 is 5.91. The van der Waals surface area contributed by atoms with E-state index in [0.29, 0.717) is 0 Å². The number of rotatable bonds is 0. The second kappa shape index (κ2) is 2.94. The van der Waals surface area contributed by atoms with Crippen molar-refractivity contribution in [2.24, 2.45) is 0 Å². The van der Waals surface area contributed by atoms with E-state index in [-0.39, 0.29) is 11.3 Å². The third-order valence-corrected chi connectivity index (χ3v) is 3.07. The van der Waals surface area contributed by atoms with Crippen LogP contribution in [0.5, 0.6) is 0 Å². The van der Waals surface area contributed by atoms with E-state index < -0.39 is 0 Å². The lowest BCUT2D eigenvalue weighted by molar-refractivity contribution is -0.0523. The zero-order chi connectivity index (χ0) is 9.53. The Morgan fingerprint density at radius 3 is 2.31 bits per heavy atom. The van der Waals surface area contributed by atoms with Crippen LogP contribution in [0.25, 0.3) is 0 Å². The number of nitrogens with zero attached hydrogens (tertiary/aromatic N) is 1. The van der Waals surface area contributed by atoms with E-state index in [0.717, 1.165) is 32.5 Å². The summed E-state index contributed by atoms with van der Waals surface area (Å²) in [6, 6.07) is 0. The van der Waals surface area contributed by atoms with Gasteiger partial charge in [0.2, 0.25) is 0 Å². The maximum absolute atomic E-state index is 5.91. The zero-order valence-corrected chi connectivity index (χ0v) is 8.89. The number of nitrogens with one attached hydrogen (secondary N) is 1. The van der Waals surface area contributed by atoms with Crippen molar-refractivity contribution in [3.05, 3.63) is 0 Å². The van der Waals surface area contributed by atoms with Crippen LogP contribution in [0.1, 0.15) is 26.7 Å². The Morgan fingerprint density at radius 2 is 1.85 bits per heavy atom. The molecule has 1 spiro atoms. The summed E-state index contributed by atoms with van der Waals surface area (Å²) in [5, 5.41) is 3.62. The fraction of sp³-hybridized carbons (Fsp3) is 1.00. The summed E-state index contributed by atoms with van der Waals surface area (Å²) in [6.07, 6.45) is 2.24. The van der Waals surface area contributed by atoms with E-state index in [9.17, 15) is 0 Å². The van der Waals surface area contributed by atoms with Crippen molar-refractivity contribution in [2.45, 2.75) is 38.0 Å². The summed E-state index contributed by atoms with van der Waals surface area (Å²) >= 11 is 0. The minimum absolute atomic E-state index is 0.00396. The highest BCUT2D eigenvalue weighted by molar-refractivity contribution is 4.97. The van der Waals surface area contributed by atoms with Gasteiger partial charge < -0.3 is 9.64 Å². The highest BCUT2D eigenvalue weighted by atomic mass is 16.5. The van der Waals surface area contributed by atoms with Crippen LogP contribution in [0, 0.1) is 0 Å². The lowest BCUT2D eigenvalue weighted by atomic mass is 9.99. The Kier molecular flexibility index (Phi) is 2.13. The molecule has 0 aromatic rings. The first kappa shape index (κ1) is 9.44. The van der Waals surface area contributed by atoms with Gasteiger partial charge in [-0.05, 0) is 20.9 Å². The Labute approximate surface area is 80.4 Å². The normalized spacial score (nSPS) is 32.5. The van der Waals surface area contributed by atoms with Crippen molar-refractivity contribution in [1.29, 1.82) is 0 Å². The second-order valence-corrected chi connectivity index (χ2v) is 5.10. The summed E-state index contributed by atoms with van der Waals surface area (Å²) in [6.45, 7) is 7.54. The van der Waals surface area contributed by atoms with Gasteiger partial charge in [-0.15, -0.1) is 0 Å². The van der Waals surface area contributed by atoms with Gasteiger partial charge in [-0.1, -0.05) is 0 Å². The molecule has 0 amide bonds. The van der Waals surface area contributed by atoms with Gasteiger partial charge >= 0.3 is 0 Å². The summed E-state index contributed by atoms with van der Waals surface area (Å²) in [5.41, 5.74) is 0.159. The number of hydrogen-bond acceptors (Lipinski definition) is 3. The SMILES string of the molecule is CN1CCC2(CC1)NC(C)(C)CO2. The van der Waals surface area contributed by atoms with Crippen LogP contribution in [0.2, 0.25) is 0 Å². The van der Waals surface area contributed by atoms with Crippen LogP contribution in [0.4, 0.5) is 0 Å². The molecular formula is C10H20N2O. The Bertz CT molecular complexity index is 195. The van der Waals surface area contributed by atoms with Gasteiger partial charge in [0, 0.05) is 31.5 Å². The quantitative estimate of drug-likeness (QED) is 0.603. The van der Waals surface area contributed by atoms with Crippen molar-refractivity contribution in [2.75, 3.05) is 26.7 Å². The molecule has 2 saturated heterocycles. The Hall–Kier alpha value is -0.120. The van der Waals surface area contributed by atoms with Crippen molar-refractivity contribution >= 4 is 0 Å². The number of piperidine rings is 1. The van der Waals surface area contributed by atoms with Crippen LogP contribution in [0.15, 0.2) is 0 Å². The molecule has 0 atom stereocenters. The van der Waals surface area contributed by atoms with Crippen molar-refractivity contribution in [1.82, 2.24) is 10.2 Å². The van der Waals surface area contributed by atoms with E-state index in [2.05, 4.69) is 31.1 Å². The summed E-state index contributed by atoms with van der Waals surface area (Å²) in [4.78, 5) is 2.36. The Balaban J connectivity index is 2.00. The van der Waals surface area contributed by atoms with Crippen LogP contribution in [-0.2, 0) is 4.74 Å². The van der Waals surface area contributed by atoms with Crippen molar-refractivity contribution in [3.63, 3.8) is 0 Å². The first-order chi connectivity index (χ1) is 6.02. The highest BCUT2D eigenvalue weighted by Gasteiger charge is 2.44. The maximum atomic E-state index is 5.91. The fourth-order valence-electron chi connectivity index (χ4n) is 2.26. The molecular weight excluding hydrogens is 164 g/mol. The van der Waals surface area contributed by atoms with Crippen LogP contribution in [0.3, 0.4) is 0 Å². The lowest BCUT2D eigenvalue weighted by Gasteiger charge is -2.38. The van der Waals surface area contributed by atoms with Crippen LogP contribution < -0.4 is 5.32 Å². The van der Waals surface area contributed by atoms with Gasteiger partial charge in [0.25, 0.3) is 0 Å². The molecule has 0 unspecified atom stereocenters. The van der Waals surface area contributed by atoms with Crippen molar-refractivity contribution in [3.8, 4) is 0 Å². The molecule has 2 aliphatic heterocycles. The average Bonchev–Trinajstić information content (AvgIpc) is 2.35. The molecule has 0 aliphatic carbocycles. The number of ether oxygens (including phenoxy) is 1. The predicted octanol–water partition coefficient (Wildman–Crippen LogP) is 0.807. The lowest BCUT2D eigenvalue weighted by Crippen LogP contribution is -2.54. The fourth-order valence-corrected chi connectivity index (χ4v) is 2.26.